The molecule has 1 rings (SSSR count). The standard InChI is InChI=1S/C11H15ClFNO/c1-2-15-6-5-11(14)9-4-3-8(13)7-10(9)12/h3-4,7,11H,2,5-6,14H2,1H3. The molecular weight excluding hydrogens is 217 g/mol. The molecule has 0 fully saturated rings. The Morgan fingerprint density at radius 2 is 2.27 bits per heavy atom. The van der Waals surface area contributed by atoms with Crippen molar-refractivity contribution in [2.75, 3.05) is 13.2 Å². The minimum atomic E-state index is -0.347. The summed E-state index contributed by atoms with van der Waals surface area (Å²) in [6, 6.07) is 4.05. The van der Waals surface area contributed by atoms with Crippen LogP contribution in [0, 0.1) is 5.82 Å². The summed E-state index contributed by atoms with van der Waals surface area (Å²) in [4.78, 5) is 0. The molecule has 0 aliphatic carbocycles. The van der Waals surface area contributed by atoms with Crippen LogP contribution in [-0.4, -0.2) is 13.2 Å². The number of benzene rings is 1. The Bertz CT molecular complexity index is 319. The Balaban J connectivity index is 2.61. The Morgan fingerprint density at radius 3 is 2.87 bits per heavy atom. The first kappa shape index (κ1) is 12.4. The molecule has 84 valence electrons. The predicted molar refractivity (Wildman–Crippen MR) is 59.4 cm³/mol. The Morgan fingerprint density at radius 1 is 1.53 bits per heavy atom. The molecule has 0 aliphatic heterocycles. The van der Waals surface area contributed by atoms with Crippen LogP contribution in [-0.2, 0) is 4.74 Å². The Hall–Kier alpha value is -0.640. The van der Waals surface area contributed by atoms with Crippen LogP contribution in [0.2, 0.25) is 5.02 Å². The van der Waals surface area contributed by atoms with Crippen LogP contribution in [0.15, 0.2) is 18.2 Å². The lowest BCUT2D eigenvalue weighted by Gasteiger charge is -2.13. The molecule has 4 heteroatoms. The highest BCUT2D eigenvalue weighted by atomic mass is 35.5. The molecule has 0 aromatic heterocycles. The highest BCUT2D eigenvalue weighted by Crippen LogP contribution is 2.24. The monoisotopic (exact) mass is 231 g/mol. The van der Waals surface area contributed by atoms with Gasteiger partial charge >= 0.3 is 0 Å². The van der Waals surface area contributed by atoms with Crippen molar-refractivity contribution < 1.29 is 9.13 Å². The lowest BCUT2D eigenvalue weighted by molar-refractivity contribution is 0.140. The summed E-state index contributed by atoms with van der Waals surface area (Å²) in [6.45, 7) is 3.19. The first-order chi connectivity index (χ1) is 7.15. The van der Waals surface area contributed by atoms with E-state index >= 15 is 0 Å². The van der Waals surface area contributed by atoms with Crippen molar-refractivity contribution in [3.05, 3.63) is 34.6 Å². The summed E-state index contributed by atoms with van der Waals surface area (Å²) in [7, 11) is 0. The smallest absolute Gasteiger partial charge is 0.124 e. The summed E-state index contributed by atoms with van der Waals surface area (Å²) in [5, 5.41) is 0.374. The van der Waals surface area contributed by atoms with Gasteiger partial charge in [-0.15, -0.1) is 0 Å². The zero-order valence-corrected chi connectivity index (χ0v) is 9.43. The van der Waals surface area contributed by atoms with E-state index in [0.29, 0.717) is 24.7 Å². The molecule has 1 unspecified atom stereocenters. The summed E-state index contributed by atoms with van der Waals surface area (Å²) in [5.74, 6) is -0.347. The molecular formula is C11H15ClFNO. The van der Waals surface area contributed by atoms with Gasteiger partial charge in [0.05, 0.1) is 0 Å². The van der Waals surface area contributed by atoms with Crippen molar-refractivity contribution in [3.63, 3.8) is 0 Å². The first-order valence-corrected chi connectivity index (χ1v) is 5.31. The molecule has 1 atom stereocenters. The normalized spacial score (nSPS) is 12.8. The minimum Gasteiger partial charge on any atom is -0.382 e. The number of ether oxygens (including phenoxy) is 1. The van der Waals surface area contributed by atoms with E-state index in [1.807, 2.05) is 6.92 Å². The summed E-state index contributed by atoms with van der Waals surface area (Å²) in [6.07, 6.45) is 0.680. The van der Waals surface area contributed by atoms with E-state index in [0.717, 1.165) is 5.56 Å². The molecule has 2 nitrogen and oxygen atoms in total. The number of rotatable bonds is 5. The second kappa shape index (κ2) is 6.05. The van der Waals surface area contributed by atoms with Gasteiger partial charge in [-0.1, -0.05) is 17.7 Å². The number of nitrogens with two attached hydrogens (primary N) is 1. The molecule has 0 amide bonds. The zero-order valence-electron chi connectivity index (χ0n) is 8.67. The maximum atomic E-state index is 12.8. The third-order valence-electron chi connectivity index (χ3n) is 2.14. The van der Waals surface area contributed by atoms with E-state index < -0.39 is 0 Å². The molecule has 0 heterocycles. The highest BCUT2D eigenvalue weighted by molar-refractivity contribution is 6.31. The van der Waals surface area contributed by atoms with E-state index in [4.69, 9.17) is 22.1 Å². The molecule has 0 saturated carbocycles. The number of hydrogen-bond donors (Lipinski definition) is 1. The van der Waals surface area contributed by atoms with Crippen molar-refractivity contribution in [2.24, 2.45) is 5.73 Å². The molecule has 15 heavy (non-hydrogen) atoms. The van der Waals surface area contributed by atoms with E-state index in [1.165, 1.54) is 12.1 Å². The van der Waals surface area contributed by atoms with Crippen LogP contribution in [0.5, 0.6) is 0 Å². The topological polar surface area (TPSA) is 35.2 Å². The van der Waals surface area contributed by atoms with Crippen molar-refractivity contribution in [1.29, 1.82) is 0 Å². The van der Waals surface area contributed by atoms with Crippen LogP contribution in [0.25, 0.3) is 0 Å². The van der Waals surface area contributed by atoms with Gasteiger partial charge in [-0.2, -0.15) is 0 Å². The fraction of sp³-hybridized carbons (Fsp3) is 0.455. The molecule has 0 aliphatic rings. The third-order valence-corrected chi connectivity index (χ3v) is 2.47. The second-order valence-electron chi connectivity index (χ2n) is 3.26. The first-order valence-electron chi connectivity index (χ1n) is 4.93. The van der Waals surface area contributed by atoms with Crippen molar-refractivity contribution in [3.8, 4) is 0 Å². The van der Waals surface area contributed by atoms with Gasteiger partial charge in [0.25, 0.3) is 0 Å². The van der Waals surface area contributed by atoms with Gasteiger partial charge in [-0.25, -0.2) is 4.39 Å². The Labute approximate surface area is 94.2 Å². The van der Waals surface area contributed by atoms with Crippen LogP contribution in [0.3, 0.4) is 0 Å². The van der Waals surface area contributed by atoms with E-state index in [-0.39, 0.29) is 11.9 Å². The molecule has 0 radical (unpaired) electrons. The molecule has 1 aromatic rings. The maximum absolute atomic E-state index is 12.8. The lowest BCUT2D eigenvalue weighted by Crippen LogP contribution is -2.13. The van der Waals surface area contributed by atoms with Gasteiger partial charge in [0.2, 0.25) is 0 Å². The van der Waals surface area contributed by atoms with E-state index in [2.05, 4.69) is 0 Å². The van der Waals surface area contributed by atoms with Crippen LogP contribution in [0.1, 0.15) is 24.9 Å². The molecule has 1 aromatic carbocycles. The third kappa shape index (κ3) is 3.78. The lowest BCUT2D eigenvalue weighted by atomic mass is 10.1. The fourth-order valence-corrected chi connectivity index (χ4v) is 1.62. The van der Waals surface area contributed by atoms with Crippen molar-refractivity contribution in [2.45, 2.75) is 19.4 Å². The molecule has 2 N–H and O–H groups in total. The molecule has 0 bridgehead atoms. The maximum Gasteiger partial charge on any atom is 0.124 e. The summed E-state index contributed by atoms with van der Waals surface area (Å²) < 4.78 is 18.0. The van der Waals surface area contributed by atoms with Crippen molar-refractivity contribution >= 4 is 11.6 Å². The van der Waals surface area contributed by atoms with Crippen LogP contribution < -0.4 is 5.73 Å². The Kier molecular flexibility index (Phi) is 5.02. The predicted octanol–water partition coefficient (Wildman–Crippen LogP) is 2.91. The highest BCUT2D eigenvalue weighted by Gasteiger charge is 2.10. The summed E-state index contributed by atoms with van der Waals surface area (Å²) >= 11 is 5.88. The van der Waals surface area contributed by atoms with Gasteiger partial charge in [-0.05, 0) is 31.0 Å². The largest absolute Gasteiger partial charge is 0.382 e. The average molecular weight is 232 g/mol. The fourth-order valence-electron chi connectivity index (χ4n) is 1.31. The quantitative estimate of drug-likeness (QED) is 0.791. The number of halogens is 2. The molecule has 0 spiro atoms. The zero-order chi connectivity index (χ0) is 11.3. The average Bonchev–Trinajstić information content (AvgIpc) is 2.17. The van der Waals surface area contributed by atoms with Crippen LogP contribution >= 0.6 is 11.6 Å². The minimum absolute atomic E-state index is 0.204. The van der Waals surface area contributed by atoms with Gasteiger partial charge in [-0.3, -0.25) is 0 Å². The number of hydrogen-bond acceptors (Lipinski definition) is 2. The summed E-state index contributed by atoms with van der Waals surface area (Å²) in [5.41, 5.74) is 6.66. The van der Waals surface area contributed by atoms with Gasteiger partial charge in [0, 0.05) is 24.3 Å². The second-order valence-corrected chi connectivity index (χ2v) is 3.67. The van der Waals surface area contributed by atoms with Gasteiger partial charge in [0.15, 0.2) is 0 Å². The SMILES string of the molecule is CCOCCC(N)c1ccc(F)cc1Cl. The van der Waals surface area contributed by atoms with E-state index in [9.17, 15) is 4.39 Å². The van der Waals surface area contributed by atoms with Crippen LogP contribution in [0.4, 0.5) is 4.39 Å². The molecule has 0 saturated heterocycles. The van der Waals surface area contributed by atoms with Crippen molar-refractivity contribution in [1.82, 2.24) is 0 Å². The van der Waals surface area contributed by atoms with Gasteiger partial charge < -0.3 is 10.5 Å². The van der Waals surface area contributed by atoms with Gasteiger partial charge in [0.1, 0.15) is 5.82 Å². The van der Waals surface area contributed by atoms with E-state index in [1.54, 1.807) is 6.07 Å².